The molecule has 1 aromatic rings. The normalized spacial score (nSPS) is 17.4. The van der Waals surface area contributed by atoms with Crippen LogP contribution in [0.25, 0.3) is 0 Å². The molecule has 0 aromatic heterocycles. The van der Waals surface area contributed by atoms with Crippen LogP contribution in [0.15, 0.2) is 24.3 Å². The molecule has 1 atom stereocenters. The van der Waals surface area contributed by atoms with Crippen LogP contribution in [0.5, 0.6) is 0 Å². The van der Waals surface area contributed by atoms with Crippen LogP contribution in [0.3, 0.4) is 0 Å². The molecule has 0 radical (unpaired) electrons. The summed E-state index contributed by atoms with van der Waals surface area (Å²) < 4.78 is 5.44. The van der Waals surface area contributed by atoms with Crippen molar-refractivity contribution in [2.45, 2.75) is 31.8 Å². The Hall–Kier alpha value is -1.83. The maximum Gasteiger partial charge on any atom is 0.226 e. The molecule has 0 spiro atoms. The lowest BCUT2D eigenvalue weighted by molar-refractivity contribution is -0.118. The van der Waals surface area contributed by atoms with E-state index in [1.807, 2.05) is 24.3 Å². The second-order valence-electron chi connectivity index (χ2n) is 4.74. The monoisotopic (exact) mass is 273 g/mol. The largest absolute Gasteiger partial charge is 0.395 e. The Labute approximate surface area is 119 Å². The molecule has 0 bridgehead atoms. The van der Waals surface area contributed by atoms with Crippen LogP contribution in [0.4, 0.5) is 5.69 Å². The predicted octanol–water partition coefficient (Wildman–Crippen LogP) is 1.93. The average molecular weight is 273 g/mol. The average Bonchev–Trinajstić information content (AvgIpc) is 2.92. The molecule has 4 nitrogen and oxygen atoms in total. The Bertz CT molecular complexity index is 510. The lowest BCUT2D eigenvalue weighted by Gasteiger charge is -2.09. The lowest BCUT2D eigenvalue weighted by Crippen LogP contribution is -2.19. The van der Waals surface area contributed by atoms with E-state index in [9.17, 15) is 4.79 Å². The minimum atomic E-state index is -0.0302. The Balaban J connectivity index is 1.90. The number of carbonyl (C=O) groups is 1. The molecule has 20 heavy (non-hydrogen) atoms. The quantitative estimate of drug-likeness (QED) is 0.824. The van der Waals surface area contributed by atoms with Gasteiger partial charge in [0, 0.05) is 24.3 Å². The van der Waals surface area contributed by atoms with E-state index in [1.165, 1.54) is 0 Å². The van der Waals surface area contributed by atoms with E-state index in [1.54, 1.807) is 0 Å². The van der Waals surface area contributed by atoms with Crippen molar-refractivity contribution < 1.29 is 14.6 Å². The zero-order valence-electron chi connectivity index (χ0n) is 11.4. The van der Waals surface area contributed by atoms with Gasteiger partial charge in [-0.25, -0.2) is 0 Å². The van der Waals surface area contributed by atoms with Crippen LogP contribution >= 0.6 is 0 Å². The Morgan fingerprint density at radius 1 is 1.50 bits per heavy atom. The maximum atomic E-state index is 11.9. The molecule has 1 saturated heterocycles. The highest BCUT2D eigenvalue weighted by atomic mass is 16.5. The first-order valence-electron chi connectivity index (χ1n) is 6.89. The van der Waals surface area contributed by atoms with E-state index in [0.29, 0.717) is 12.8 Å². The number of amides is 1. The molecule has 1 fully saturated rings. The number of benzene rings is 1. The molecular weight excluding hydrogens is 254 g/mol. The van der Waals surface area contributed by atoms with E-state index in [-0.39, 0.29) is 18.6 Å². The third kappa shape index (κ3) is 4.69. The zero-order valence-corrected chi connectivity index (χ0v) is 11.4. The second-order valence-corrected chi connectivity index (χ2v) is 4.74. The fourth-order valence-corrected chi connectivity index (χ4v) is 2.12. The van der Waals surface area contributed by atoms with Gasteiger partial charge < -0.3 is 15.2 Å². The summed E-state index contributed by atoms with van der Waals surface area (Å²) >= 11 is 0. The van der Waals surface area contributed by atoms with Gasteiger partial charge >= 0.3 is 0 Å². The van der Waals surface area contributed by atoms with Crippen LogP contribution in [0.2, 0.25) is 0 Å². The van der Waals surface area contributed by atoms with Crippen LogP contribution in [-0.2, 0) is 9.53 Å². The summed E-state index contributed by atoms with van der Waals surface area (Å²) in [7, 11) is 0. The van der Waals surface area contributed by atoms with Crippen LogP contribution < -0.4 is 5.32 Å². The standard InChI is InChI=1S/C16H19NO3/c18-9-2-1-5-13-6-3-7-14(11-13)17-16(19)12-15-8-4-10-20-15/h3,6-7,11,15,18H,2,4,8-10,12H2,(H,17,19). The molecule has 1 unspecified atom stereocenters. The van der Waals surface area contributed by atoms with Gasteiger partial charge in [0.25, 0.3) is 0 Å². The fraction of sp³-hybridized carbons (Fsp3) is 0.438. The van der Waals surface area contributed by atoms with E-state index in [4.69, 9.17) is 9.84 Å². The highest BCUT2D eigenvalue weighted by Crippen LogP contribution is 2.17. The first kappa shape index (κ1) is 14.6. The van der Waals surface area contributed by atoms with Crippen molar-refractivity contribution in [1.82, 2.24) is 0 Å². The number of hydrogen-bond donors (Lipinski definition) is 2. The van der Waals surface area contributed by atoms with Crippen molar-refractivity contribution in [1.29, 1.82) is 0 Å². The van der Waals surface area contributed by atoms with Gasteiger partial charge in [-0.05, 0) is 31.0 Å². The van der Waals surface area contributed by atoms with E-state index in [0.717, 1.165) is 30.7 Å². The Morgan fingerprint density at radius 2 is 2.40 bits per heavy atom. The van der Waals surface area contributed by atoms with E-state index in [2.05, 4.69) is 17.2 Å². The van der Waals surface area contributed by atoms with Gasteiger partial charge in [-0.3, -0.25) is 4.79 Å². The summed E-state index contributed by atoms with van der Waals surface area (Å²) in [4.78, 5) is 11.9. The summed E-state index contributed by atoms with van der Waals surface area (Å²) in [5.74, 6) is 5.77. The molecule has 1 heterocycles. The van der Waals surface area contributed by atoms with E-state index < -0.39 is 0 Å². The summed E-state index contributed by atoms with van der Waals surface area (Å²) in [6.07, 6.45) is 2.91. The molecule has 0 aliphatic carbocycles. The van der Waals surface area contributed by atoms with Gasteiger partial charge in [-0.2, -0.15) is 0 Å². The van der Waals surface area contributed by atoms with Crippen LogP contribution in [0, 0.1) is 11.8 Å². The zero-order chi connectivity index (χ0) is 14.2. The van der Waals surface area contributed by atoms with Crippen molar-refractivity contribution in [3.05, 3.63) is 29.8 Å². The first-order chi connectivity index (χ1) is 9.78. The number of carbonyl (C=O) groups excluding carboxylic acids is 1. The lowest BCUT2D eigenvalue weighted by atomic mass is 10.1. The van der Waals surface area contributed by atoms with Gasteiger partial charge in [-0.1, -0.05) is 17.9 Å². The Kier molecular flexibility index (Phi) is 5.60. The van der Waals surface area contributed by atoms with Crippen molar-refractivity contribution in [3.63, 3.8) is 0 Å². The van der Waals surface area contributed by atoms with Gasteiger partial charge in [0.05, 0.1) is 19.1 Å². The summed E-state index contributed by atoms with van der Waals surface area (Å²) in [6.45, 7) is 0.818. The molecular formula is C16H19NO3. The van der Waals surface area contributed by atoms with E-state index >= 15 is 0 Å². The molecule has 4 heteroatoms. The number of ether oxygens (including phenoxy) is 1. The van der Waals surface area contributed by atoms with Gasteiger partial charge in [0.2, 0.25) is 5.91 Å². The van der Waals surface area contributed by atoms with Crippen molar-refractivity contribution in [2.75, 3.05) is 18.5 Å². The van der Waals surface area contributed by atoms with Crippen molar-refractivity contribution in [3.8, 4) is 11.8 Å². The third-order valence-electron chi connectivity index (χ3n) is 3.05. The molecule has 1 aromatic carbocycles. The van der Waals surface area contributed by atoms with Gasteiger partial charge in [0.1, 0.15) is 0 Å². The number of rotatable bonds is 4. The van der Waals surface area contributed by atoms with Crippen molar-refractivity contribution >= 4 is 11.6 Å². The summed E-state index contributed by atoms with van der Waals surface area (Å²) in [5.41, 5.74) is 1.57. The molecule has 0 saturated carbocycles. The maximum absolute atomic E-state index is 11.9. The SMILES string of the molecule is O=C(CC1CCCO1)Nc1cccc(C#CCCO)c1. The molecule has 106 valence electrons. The second kappa shape index (κ2) is 7.68. The van der Waals surface area contributed by atoms with Gasteiger partial charge in [-0.15, -0.1) is 0 Å². The molecule has 2 rings (SSSR count). The number of nitrogens with one attached hydrogen (secondary N) is 1. The van der Waals surface area contributed by atoms with Gasteiger partial charge in [0.15, 0.2) is 0 Å². The number of anilines is 1. The van der Waals surface area contributed by atoms with Crippen molar-refractivity contribution in [2.24, 2.45) is 0 Å². The highest BCUT2D eigenvalue weighted by Gasteiger charge is 2.18. The Morgan fingerprint density at radius 3 is 3.15 bits per heavy atom. The number of aliphatic hydroxyl groups is 1. The fourth-order valence-electron chi connectivity index (χ4n) is 2.12. The van der Waals surface area contributed by atoms with Crippen LogP contribution in [0.1, 0.15) is 31.2 Å². The number of aliphatic hydroxyl groups excluding tert-OH is 1. The molecule has 1 aliphatic rings. The molecule has 2 N–H and O–H groups in total. The van der Waals surface area contributed by atoms with Crippen LogP contribution in [-0.4, -0.2) is 30.3 Å². The predicted molar refractivity (Wildman–Crippen MR) is 77.2 cm³/mol. The highest BCUT2D eigenvalue weighted by molar-refractivity contribution is 5.91. The minimum absolute atomic E-state index is 0.0302. The smallest absolute Gasteiger partial charge is 0.226 e. The minimum Gasteiger partial charge on any atom is -0.395 e. The summed E-state index contributed by atoms with van der Waals surface area (Å²) in [6, 6.07) is 7.40. The number of hydrogen-bond acceptors (Lipinski definition) is 3. The molecule has 1 amide bonds. The third-order valence-corrected chi connectivity index (χ3v) is 3.05. The summed E-state index contributed by atoms with van der Waals surface area (Å²) in [5, 5.41) is 11.5. The molecule has 1 aliphatic heterocycles. The topological polar surface area (TPSA) is 58.6 Å². The first-order valence-corrected chi connectivity index (χ1v) is 6.89.